The Morgan fingerprint density at radius 2 is 1.86 bits per heavy atom. The average Bonchev–Trinajstić information content (AvgIpc) is 2.46. The monoisotopic (exact) mass is 347 g/mol. The van der Waals surface area contributed by atoms with Gasteiger partial charge >= 0.3 is 0 Å². The lowest BCUT2D eigenvalue weighted by Gasteiger charge is -2.12. The third-order valence-corrected chi connectivity index (χ3v) is 4.32. The number of aromatic nitrogens is 1. The number of nitrogens with one attached hydrogen (secondary N) is 3. The average molecular weight is 348 g/mol. The van der Waals surface area contributed by atoms with Gasteiger partial charge in [0.2, 0.25) is 0 Å². The second-order valence-corrected chi connectivity index (χ2v) is 5.98. The summed E-state index contributed by atoms with van der Waals surface area (Å²) in [6, 6.07) is 8.90. The van der Waals surface area contributed by atoms with Crippen LogP contribution in [-0.4, -0.2) is 13.4 Å². The van der Waals surface area contributed by atoms with Gasteiger partial charge in [0.1, 0.15) is 16.5 Å². The van der Waals surface area contributed by atoms with Crippen molar-refractivity contribution in [2.75, 3.05) is 20.1 Å². The first kappa shape index (κ1) is 15.5. The van der Waals surface area contributed by atoms with E-state index in [1.807, 2.05) is 0 Å². The Hall–Kier alpha value is -1.90. The van der Waals surface area contributed by atoms with Gasteiger partial charge in [0.15, 0.2) is 0 Å². The number of rotatable bonds is 5. The molecule has 2 aromatic rings. The first-order chi connectivity index (χ1) is 9.96. The van der Waals surface area contributed by atoms with Crippen LogP contribution in [0.4, 0.5) is 23.0 Å². The number of nitrogens with zero attached hydrogens (tertiary/aromatic N) is 1. The van der Waals surface area contributed by atoms with Crippen LogP contribution in [0.25, 0.3) is 0 Å². The van der Waals surface area contributed by atoms with Crippen molar-refractivity contribution in [1.29, 1.82) is 0 Å². The molecule has 0 aliphatic rings. The van der Waals surface area contributed by atoms with Gasteiger partial charge in [-0.3, -0.25) is 14.4 Å². The van der Waals surface area contributed by atoms with Crippen LogP contribution in [0.3, 0.4) is 0 Å². The fourth-order valence-electron chi connectivity index (χ4n) is 1.60. The molecule has 0 aliphatic heterocycles. The molecule has 1 aromatic carbocycles. The second-order valence-electron chi connectivity index (χ2n) is 3.95. The van der Waals surface area contributed by atoms with Gasteiger partial charge in [-0.2, -0.15) is 0 Å². The molecule has 10 heteroatoms. The zero-order valence-corrected chi connectivity index (χ0v) is 12.8. The maximum absolute atomic E-state index is 12.3. The van der Waals surface area contributed by atoms with Gasteiger partial charge < -0.3 is 5.73 Å². The summed E-state index contributed by atoms with van der Waals surface area (Å²) in [5, 5.41) is 0. The Labute approximate surface area is 131 Å². The number of nitrogens with two attached hydrogens (primary N) is 1. The first-order valence-electron chi connectivity index (χ1n) is 5.59. The minimum absolute atomic E-state index is 0.0580. The number of halogens is 2. The van der Waals surface area contributed by atoms with Crippen LogP contribution in [0.2, 0.25) is 0 Å². The van der Waals surface area contributed by atoms with E-state index < -0.39 is 10.0 Å². The fourth-order valence-corrected chi connectivity index (χ4v) is 3.07. The molecule has 0 saturated heterocycles. The molecule has 112 valence electrons. The van der Waals surface area contributed by atoms with Gasteiger partial charge in [-0.05, 0) is 30.3 Å². The number of hydrogen-bond donors (Lipinski definition) is 4. The molecule has 0 atom stereocenters. The molecule has 0 radical (unpaired) electrons. The lowest BCUT2D eigenvalue weighted by atomic mass is 10.3. The summed E-state index contributed by atoms with van der Waals surface area (Å²) in [5.41, 5.74) is 6.16. The Morgan fingerprint density at radius 1 is 1.10 bits per heavy atom. The molecule has 0 bridgehead atoms. The third kappa shape index (κ3) is 3.60. The molecule has 0 unspecified atom stereocenters. The van der Waals surface area contributed by atoms with Crippen LogP contribution < -0.4 is 20.1 Å². The second kappa shape index (κ2) is 6.25. The predicted molar refractivity (Wildman–Crippen MR) is 84.9 cm³/mol. The minimum atomic E-state index is -3.88. The number of pyridine rings is 1. The topological polar surface area (TPSA) is 109 Å². The Kier molecular flexibility index (Phi) is 4.61. The molecule has 0 saturated carbocycles. The molecule has 0 aliphatic carbocycles. The molecule has 0 fully saturated rings. The highest BCUT2D eigenvalue weighted by atomic mass is 35.5. The van der Waals surface area contributed by atoms with E-state index in [2.05, 4.69) is 19.4 Å². The smallest absolute Gasteiger partial charge is 0.265 e. The van der Waals surface area contributed by atoms with Crippen LogP contribution in [-0.2, 0) is 10.0 Å². The maximum atomic E-state index is 12.3. The van der Waals surface area contributed by atoms with E-state index in [0.29, 0.717) is 5.69 Å². The van der Waals surface area contributed by atoms with Gasteiger partial charge in [-0.15, -0.1) is 0 Å². The van der Waals surface area contributed by atoms with Crippen molar-refractivity contribution in [2.24, 2.45) is 0 Å². The molecular weight excluding hydrogens is 337 g/mol. The van der Waals surface area contributed by atoms with E-state index in [1.54, 1.807) is 12.1 Å². The number of anilines is 4. The van der Waals surface area contributed by atoms with Crippen molar-refractivity contribution in [3.63, 3.8) is 0 Å². The lowest BCUT2D eigenvalue weighted by Crippen LogP contribution is -2.15. The molecule has 1 aromatic heterocycles. The highest BCUT2D eigenvalue weighted by Gasteiger charge is 2.19. The lowest BCUT2D eigenvalue weighted by molar-refractivity contribution is 0.601. The van der Waals surface area contributed by atoms with Crippen LogP contribution in [0, 0.1) is 0 Å². The third-order valence-electron chi connectivity index (χ3n) is 2.49. The number of sulfonamides is 1. The van der Waals surface area contributed by atoms with Crippen molar-refractivity contribution in [3.05, 3.63) is 36.4 Å². The number of nitrogen functional groups attached to an aromatic ring is 1. The van der Waals surface area contributed by atoms with Crippen molar-refractivity contribution < 1.29 is 8.42 Å². The summed E-state index contributed by atoms with van der Waals surface area (Å²) >= 11 is 11.0. The Morgan fingerprint density at radius 3 is 2.48 bits per heavy atom. The summed E-state index contributed by atoms with van der Waals surface area (Å²) in [5.74, 6) is 0.308. The van der Waals surface area contributed by atoms with E-state index in [9.17, 15) is 8.42 Å². The molecule has 0 amide bonds. The normalized spacial score (nSPS) is 11.0. The zero-order chi connectivity index (χ0) is 15.5. The van der Waals surface area contributed by atoms with Gasteiger partial charge in [0.05, 0.1) is 11.4 Å². The van der Waals surface area contributed by atoms with Crippen molar-refractivity contribution >= 4 is 56.6 Å². The van der Waals surface area contributed by atoms with E-state index in [4.69, 9.17) is 29.3 Å². The molecule has 0 spiro atoms. The van der Waals surface area contributed by atoms with Gasteiger partial charge in [-0.25, -0.2) is 13.4 Å². The van der Waals surface area contributed by atoms with Crippen molar-refractivity contribution in [1.82, 2.24) is 4.98 Å². The summed E-state index contributed by atoms with van der Waals surface area (Å²) < 4.78 is 27.0. The number of benzene rings is 1. The predicted octanol–water partition coefficient (Wildman–Crippen LogP) is 2.60. The van der Waals surface area contributed by atoms with Crippen LogP contribution in [0.5, 0.6) is 0 Å². The van der Waals surface area contributed by atoms with Crippen LogP contribution >= 0.6 is 23.6 Å². The Balaban J connectivity index is 2.40. The number of hydrogen-bond acceptors (Lipinski definition) is 6. The molecule has 21 heavy (non-hydrogen) atoms. The van der Waals surface area contributed by atoms with Gasteiger partial charge in [0.25, 0.3) is 10.0 Å². The maximum Gasteiger partial charge on any atom is 0.265 e. The van der Waals surface area contributed by atoms with Crippen molar-refractivity contribution in [2.45, 2.75) is 4.90 Å². The molecule has 5 N–H and O–H groups in total. The van der Waals surface area contributed by atoms with E-state index >= 15 is 0 Å². The summed E-state index contributed by atoms with van der Waals surface area (Å²) in [6.07, 6.45) is 0. The van der Waals surface area contributed by atoms with Gasteiger partial charge in [0, 0.05) is 23.6 Å². The summed E-state index contributed by atoms with van der Waals surface area (Å²) in [6.45, 7) is 0. The SMILES string of the molecule is Nc1cccc(NS(=O)(=O)c2ccc(NCl)cc2NCl)n1. The van der Waals surface area contributed by atoms with E-state index in [0.717, 1.165) is 0 Å². The zero-order valence-electron chi connectivity index (χ0n) is 10.5. The van der Waals surface area contributed by atoms with E-state index in [1.165, 1.54) is 24.3 Å². The van der Waals surface area contributed by atoms with Crippen LogP contribution in [0.1, 0.15) is 0 Å². The first-order valence-corrected chi connectivity index (χ1v) is 7.83. The molecular formula is C11H11Cl2N5O2S. The highest BCUT2D eigenvalue weighted by molar-refractivity contribution is 7.92. The highest BCUT2D eigenvalue weighted by Crippen LogP contribution is 2.27. The fraction of sp³-hybridized carbons (Fsp3) is 0. The summed E-state index contributed by atoms with van der Waals surface area (Å²) in [7, 11) is -3.88. The van der Waals surface area contributed by atoms with Crippen molar-refractivity contribution in [3.8, 4) is 0 Å². The quantitative estimate of drug-likeness (QED) is 0.619. The largest absolute Gasteiger partial charge is 0.384 e. The van der Waals surface area contributed by atoms with Crippen LogP contribution in [0.15, 0.2) is 41.3 Å². The Bertz CT molecular complexity index is 754. The standard InChI is InChI=1S/C11H11Cl2N5O2S/c12-16-7-4-5-9(8(6-7)17-13)21(19,20)18-11-3-1-2-10(14)15-11/h1-6,16-17H,(H3,14,15,18). The summed E-state index contributed by atoms with van der Waals surface area (Å²) in [4.78, 5) is 8.47. The van der Waals surface area contributed by atoms with Gasteiger partial charge in [-0.1, -0.05) is 6.07 Å². The molecule has 7 nitrogen and oxygen atoms in total. The molecule has 1 heterocycles. The molecule has 2 rings (SSSR count). The minimum Gasteiger partial charge on any atom is -0.384 e. The van der Waals surface area contributed by atoms with E-state index in [-0.39, 0.29) is 22.2 Å².